The fraction of sp³-hybridized carbons (Fsp3) is 0.286. The second-order valence-corrected chi connectivity index (χ2v) is 10.9. The summed E-state index contributed by atoms with van der Waals surface area (Å²) in [6.45, 7) is 5.44. The van der Waals surface area contributed by atoms with E-state index in [9.17, 15) is 4.79 Å². The van der Waals surface area contributed by atoms with Crippen molar-refractivity contribution in [1.29, 1.82) is 0 Å². The molecule has 0 heterocycles. The molecule has 0 bridgehead atoms. The summed E-state index contributed by atoms with van der Waals surface area (Å²) in [7, 11) is 4.08. The summed E-state index contributed by atoms with van der Waals surface area (Å²) in [6.07, 6.45) is 1.63. The predicted octanol–water partition coefficient (Wildman–Crippen LogP) is 7.72. The van der Waals surface area contributed by atoms with Gasteiger partial charge in [0.25, 0.3) is 0 Å². The first-order chi connectivity index (χ1) is 18.9. The van der Waals surface area contributed by atoms with Crippen LogP contribution in [0.4, 0.5) is 11.4 Å². The van der Waals surface area contributed by atoms with E-state index in [0.717, 1.165) is 52.2 Å². The van der Waals surface area contributed by atoms with Crippen molar-refractivity contribution in [3.63, 3.8) is 0 Å². The minimum absolute atomic E-state index is 0.142. The fourth-order valence-corrected chi connectivity index (χ4v) is 5.35. The van der Waals surface area contributed by atoms with Gasteiger partial charge >= 0.3 is 0 Å². The van der Waals surface area contributed by atoms with Crippen molar-refractivity contribution in [2.75, 3.05) is 23.9 Å². The van der Waals surface area contributed by atoms with Crippen LogP contribution in [-0.2, 0) is 24.4 Å². The van der Waals surface area contributed by atoms with Gasteiger partial charge in [0.2, 0.25) is 5.91 Å². The number of fused-ring (bicyclic) bond motifs is 1. The summed E-state index contributed by atoms with van der Waals surface area (Å²) in [5, 5.41) is 0. The molecular formula is C35H38N2O2. The third kappa shape index (κ3) is 6.01. The van der Waals surface area contributed by atoms with Crippen molar-refractivity contribution in [1.82, 2.24) is 0 Å². The van der Waals surface area contributed by atoms with Crippen LogP contribution in [0, 0.1) is 0 Å². The molecule has 1 aliphatic rings. The highest BCUT2D eigenvalue weighted by Crippen LogP contribution is 2.40. The van der Waals surface area contributed by atoms with E-state index in [0.29, 0.717) is 19.1 Å². The molecule has 0 spiro atoms. The third-order valence-corrected chi connectivity index (χ3v) is 7.69. The van der Waals surface area contributed by atoms with Gasteiger partial charge in [0, 0.05) is 25.5 Å². The van der Waals surface area contributed by atoms with Crippen LogP contribution in [0.3, 0.4) is 0 Å². The molecule has 0 radical (unpaired) electrons. The van der Waals surface area contributed by atoms with Gasteiger partial charge in [0.15, 0.2) is 0 Å². The molecule has 0 saturated carbocycles. The molecule has 200 valence electrons. The topological polar surface area (TPSA) is 32.8 Å². The van der Waals surface area contributed by atoms with Crippen molar-refractivity contribution < 1.29 is 9.53 Å². The number of hydrogen-bond donors (Lipinski definition) is 0. The Labute approximate surface area is 232 Å². The van der Waals surface area contributed by atoms with E-state index < -0.39 is 0 Å². The van der Waals surface area contributed by atoms with Gasteiger partial charge in [-0.05, 0) is 76.9 Å². The number of hydrogen-bond acceptors (Lipinski definition) is 3. The van der Waals surface area contributed by atoms with Crippen LogP contribution < -0.4 is 14.5 Å². The molecule has 1 amide bonds. The van der Waals surface area contributed by atoms with E-state index in [1.807, 2.05) is 49.3 Å². The number of benzene rings is 4. The molecule has 0 aromatic heterocycles. The van der Waals surface area contributed by atoms with E-state index in [2.05, 4.69) is 85.5 Å². The molecule has 4 aromatic carbocycles. The van der Waals surface area contributed by atoms with Crippen molar-refractivity contribution in [2.24, 2.45) is 0 Å². The predicted molar refractivity (Wildman–Crippen MR) is 161 cm³/mol. The first-order valence-electron chi connectivity index (χ1n) is 13.9. The number of nitrogens with zero attached hydrogens (tertiary/aromatic N) is 2. The molecule has 39 heavy (non-hydrogen) atoms. The Morgan fingerprint density at radius 3 is 2.18 bits per heavy atom. The molecule has 0 fully saturated rings. The van der Waals surface area contributed by atoms with Crippen LogP contribution in [0.5, 0.6) is 5.75 Å². The van der Waals surface area contributed by atoms with Crippen molar-refractivity contribution in [2.45, 2.75) is 51.7 Å². The van der Waals surface area contributed by atoms with Gasteiger partial charge in [-0.1, -0.05) is 80.6 Å². The van der Waals surface area contributed by atoms with Gasteiger partial charge in [-0.2, -0.15) is 0 Å². The minimum atomic E-state index is -0.189. The third-order valence-electron chi connectivity index (χ3n) is 7.69. The van der Waals surface area contributed by atoms with Crippen molar-refractivity contribution in [3.05, 3.63) is 125 Å². The summed E-state index contributed by atoms with van der Waals surface area (Å²) in [5.74, 6) is 1.28. The number of rotatable bonds is 9. The van der Waals surface area contributed by atoms with E-state index in [4.69, 9.17) is 4.74 Å². The fourth-order valence-electron chi connectivity index (χ4n) is 5.35. The highest BCUT2D eigenvalue weighted by atomic mass is 16.5. The number of amides is 1. The zero-order valence-corrected chi connectivity index (χ0v) is 23.4. The Morgan fingerprint density at radius 1 is 0.821 bits per heavy atom. The number of carbonyl (C=O) groups excluding carboxylic acids is 1. The molecule has 1 aliphatic carbocycles. The monoisotopic (exact) mass is 518 g/mol. The zero-order valence-electron chi connectivity index (χ0n) is 23.4. The number of anilines is 2. The maximum absolute atomic E-state index is 14.3. The van der Waals surface area contributed by atoms with E-state index in [1.165, 1.54) is 5.56 Å². The van der Waals surface area contributed by atoms with Gasteiger partial charge in [0.1, 0.15) is 12.4 Å². The minimum Gasteiger partial charge on any atom is -0.489 e. The van der Waals surface area contributed by atoms with Gasteiger partial charge < -0.3 is 14.5 Å². The Morgan fingerprint density at radius 2 is 1.51 bits per heavy atom. The van der Waals surface area contributed by atoms with Gasteiger partial charge in [-0.3, -0.25) is 4.79 Å². The maximum atomic E-state index is 14.3. The van der Waals surface area contributed by atoms with Crippen LogP contribution in [0.1, 0.15) is 59.9 Å². The summed E-state index contributed by atoms with van der Waals surface area (Å²) in [5.41, 5.74) is 7.86. The highest BCUT2D eigenvalue weighted by Gasteiger charge is 2.34. The maximum Gasteiger partial charge on any atom is 0.234 e. The van der Waals surface area contributed by atoms with Crippen molar-refractivity contribution in [3.8, 4) is 5.75 Å². The standard InChI is InChI=1S/C35H38N2O2/c1-25(2)28-15-19-30(20-16-28)37(23-26-13-17-29(18-14-26)36(3)4)35(38)33-22-21-32-31(33)11-8-12-34(32)39-24-27-9-6-5-7-10-27/h5-20,25,33H,21-24H2,1-4H3. The van der Waals surface area contributed by atoms with Crippen LogP contribution >= 0.6 is 0 Å². The van der Waals surface area contributed by atoms with Crippen LogP contribution in [0.25, 0.3) is 0 Å². The zero-order chi connectivity index (χ0) is 27.4. The van der Waals surface area contributed by atoms with Crippen LogP contribution in [0.2, 0.25) is 0 Å². The molecule has 5 rings (SSSR count). The molecule has 4 aromatic rings. The smallest absolute Gasteiger partial charge is 0.234 e. The highest BCUT2D eigenvalue weighted by molar-refractivity contribution is 5.99. The second kappa shape index (κ2) is 11.8. The normalized spacial score (nSPS) is 14.2. The Hall–Kier alpha value is -4.05. The van der Waals surface area contributed by atoms with Gasteiger partial charge in [-0.15, -0.1) is 0 Å². The molecule has 0 N–H and O–H groups in total. The molecule has 4 nitrogen and oxygen atoms in total. The molecule has 0 aliphatic heterocycles. The molecule has 1 atom stereocenters. The second-order valence-electron chi connectivity index (χ2n) is 10.9. The van der Waals surface area contributed by atoms with Gasteiger partial charge in [0.05, 0.1) is 12.5 Å². The van der Waals surface area contributed by atoms with E-state index in [-0.39, 0.29) is 11.8 Å². The summed E-state index contributed by atoms with van der Waals surface area (Å²) in [4.78, 5) is 18.3. The van der Waals surface area contributed by atoms with Crippen LogP contribution in [-0.4, -0.2) is 20.0 Å². The lowest BCUT2D eigenvalue weighted by Gasteiger charge is -2.27. The lowest BCUT2D eigenvalue weighted by atomic mass is 9.98. The first-order valence-corrected chi connectivity index (χ1v) is 13.9. The number of ether oxygens (including phenoxy) is 1. The molecular weight excluding hydrogens is 480 g/mol. The van der Waals surface area contributed by atoms with Crippen LogP contribution in [0.15, 0.2) is 97.1 Å². The number of carbonyl (C=O) groups is 1. The Bertz CT molecular complexity index is 1390. The van der Waals surface area contributed by atoms with Crippen molar-refractivity contribution >= 4 is 17.3 Å². The largest absolute Gasteiger partial charge is 0.489 e. The molecule has 4 heteroatoms. The average Bonchev–Trinajstić information content (AvgIpc) is 3.40. The lowest BCUT2D eigenvalue weighted by Crippen LogP contribution is -2.34. The summed E-state index contributed by atoms with van der Waals surface area (Å²) >= 11 is 0. The summed E-state index contributed by atoms with van der Waals surface area (Å²) < 4.78 is 6.24. The molecule has 1 unspecified atom stereocenters. The van der Waals surface area contributed by atoms with E-state index in [1.54, 1.807) is 0 Å². The van der Waals surface area contributed by atoms with E-state index >= 15 is 0 Å². The first kappa shape index (κ1) is 26.6. The summed E-state index contributed by atoms with van der Waals surface area (Å²) in [6, 6.07) is 33.3. The van der Waals surface area contributed by atoms with Gasteiger partial charge in [-0.25, -0.2) is 0 Å². The Kier molecular flexibility index (Phi) is 8.02. The quantitative estimate of drug-likeness (QED) is 0.227. The molecule has 0 saturated heterocycles. The lowest BCUT2D eigenvalue weighted by molar-refractivity contribution is -0.120. The Balaban J connectivity index is 1.42. The SMILES string of the molecule is CC(C)c1ccc(N(Cc2ccc(N(C)C)cc2)C(=O)C2CCc3c(OCc4ccccc4)cccc32)cc1. The average molecular weight is 519 g/mol.